The van der Waals surface area contributed by atoms with E-state index in [0.29, 0.717) is 18.1 Å². The van der Waals surface area contributed by atoms with Crippen molar-refractivity contribution in [2.24, 2.45) is 0 Å². The van der Waals surface area contributed by atoms with E-state index in [4.69, 9.17) is 4.74 Å². The van der Waals surface area contributed by atoms with Crippen LogP contribution in [0.15, 0.2) is 12.4 Å². The molecule has 21 heavy (non-hydrogen) atoms. The van der Waals surface area contributed by atoms with Crippen LogP contribution in [0.4, 0.5) is 5.95 Å². The molecule has 1 aliphatic heterocycles. The number of aromatic nitrogens is 2. The van der Waals surface area contributed by atoms with Crippen molar-refractivity contribution in [2.75, 3.05) is 18.5 Å². The lowest BCUT2D eigenvalue weighted by Crippen LogP contribution is -2.36. The van der Waals surface area contributed by atoms with E-state index in [1.807, 2.05) is 6.92 Å². The number of nitrogens with zero attached hydrogens (tertiary/aromatic N) is 2. The van der Waals surface area contributed by atoms with E-state index in [9.17, 15) is 4.79 Å². The van der Waals surface area contributed by atoms with Gasteiger partial charge in [-0.05, 0) is 26.2 Å². The molecule has 0 unspecified atom stereocenters. The van der Waals surface area contributed by atoms with Gasteiger partial charge in [-0.2, -0.15) is 0 Å². The van der Waals surface area contributed by atoms with Gasteiger partial charge in [0.05, 0.1) is 23.8 Å². The summed E-state index contributed by atoms with van der Waals surface area (Å²) in [5, 5.41) is 6.04. The van der Waals surface area contributed by atoms with Gasteiger partial charge in [-0.3, -0.25) is 4.79 Å². The molecule has 1 aliphatic carbocycles. The Morgan fingerprint density at radius 2 is 2.10 bits per heavy atom. The fraction of sp³-hybridized carbons (Fsp3) is 0.667. The molecule has 2 N–H and O–H groups in total. The lowest BCUT2D eigenvalue weighted by Gasteiger charge is -2.21. The number of amides is 1. The standard InChI is InChI=1S/C15H22N4O2/c1-2-16-14-17-8-11(9-18-14)13(20)19-12-7-15(21-10-12)5-3-4-6-15/h8-9,12H,2-7,10H2,1H3,(H,19,20)(H,16,17,18)/t12-/m1/s1. The van der Waals surface area contributed by atoms with Gasteiger partial charge in [0.15, 0.2) is 0 Å². The molecule has 1 saturated heterocycles. The summed E-state index contributed by atoms with van der Waals surface area (Å²) in [5.74, 6) is 0.421. The van der Waals surface area contributed by atoms with Crippen molar-refractivity contribution in [2.45, 2.75) is 50.7 Å². The first kappa shape index (κ1) is 14.3. The van der Waals surface area contributed by atoms with Gasteiger partial charge in [0, 0.05) is 18.9 Å². The number of ether oxygens (including phenoxy) is 1. The summed E-state index contributed by atoms with van der Waals surface area (Å²) in [7, 11) is 0. The van der Waals surface area contributed by atoms with Crippen LogP contribution < -0.4 is 10.6 Å². The van der Waals surface area contributed by atoms with Crippen LogP contribution in [0.2, 0.25) is 0 Å². The Bertz CT molecular complexity index is 497. The van der Waals surface area contributed by atoms with Crippen molar-refractivity contribution in [3.8, 4) is 0 Å². The van der Waals surface area contributed by atoms with Crippen LogP contribution in [0.3, 0.4) is 0 Å². The summed E-state index contributed by atoms with van der Waals surface area (Å²) in [4.78, 5) is 20.4. The molecule has 6 nitrogen and oxygen atoms in total. The zero-order chi connectivity index (χ0) is 14.7. The maximum absolute atomic E-state index is 12.2. The van der Waals surface area contributed by atoms with Crippen molar-refractivity contribution in [3.63, 3.8) is 0 Å². The first-order valence-corrected chi connectivity index (χ1v) is 7.71. The zero-order valence-electron chi connectivity index (χ0n) is 12.4. The molecule has 1 aromatic heterocycles. The summed E-state index contributed by atoms with van der Waals surface area (Å²) in [6.45, 7) is 3.35. The largest absolute Gasteiger partial charge is 0.373 e. The second-order valence-electron chi connectivity index (χ2n) is 5.90. The van der Waals surface area contributed by atoms with Crippen molar-refractivity contribution in [1.29, 1.82) is 0 Å². The molecule has 1 saturated carbocycles. The lowest BCUT2D eigenvalue weighted by atomic mass is 9.96. The van der Waals surface area contributed by atoms with Gasteiger partial charge in [-0.1, -0.05) is 12.8 Å². The third-order valence-electron chi connectivity index (χ3n) is 4.31. The van der Waals surface area contributed by atoms with Crippen LogP contribution in [0, 0.1) is 0 Å². The first-order valence-electron chi connectivity index (χ1n) is 7.71. The molecule has 1 amide bonds. The molecule has 0 aromatic carbocycles. The zero-order valence-corrected chi connectivity index (χ0v) is 12.4. The van der Waals surface area contributed by atoms with Gasteiger partial charge < -0.3 is 15.4 Å². The van der Waals surface area contributed by atoms with E-state index >= 15 is 0 Å². The van der Waals surface area contributed by atoms with Crippen molar-refractivity contribution in [3.05, 3.63) is 18.0 Å². The molecule has 1 atom stereocenters. The Hall–Kier alpha value is -1.69. The average molecular weight is 290 g/mol. The van der Waals surface area contributed by atoms with E-state index < -0.39 is 0 Å². The highest BCUT2D eigenvalue weighted by Gasteiger charge is 2.42. The molecule has 2 aliphatic rings. The van der Waals surface area contributed by atoms with E-state index in [1.54, 1.807) is 12.4 Å². The molecule has 2 fully saturated rings. The maximum Gasteiger partial charge on any atom is 0.254 e. The van der Waals surface area contributed by atoms with Crippen LogP contribution in [-0.4, -0.2) is 40.7 Å². The predicted octanol–water partition coefficient (Wildman–Crippen LogP) is 1.74. The number of nitrogens with one attached hydrogen (secondary N) is 2. The minimum atomic E-state index is -0.123. The number of hydrogen-bond acceptors (Lipinski definition) is 5. The number of carbonyl (C=O) groups excluding carboxylic acids is 1. The number of anilines is 1. The Balaban J connectivity index is 1.56. The van der Waals surface area contributed by atoms with E-state index in [0.717, 1.165) is 25.8 Å². The molecule has 0 bridgehead atoms. The molecule has 1 aromatic rings. The van der Waals surface area contributed by atoms with Crippen molar-refractivity contribution >= 4 is 11.9 Å². The molecule has 1 spiro atoms. The smallest absolute Gasteiger partial charge is 0.254 e. The van der Waals surface area contributed by atoms with Crippen molar-refractivity contribution in [1.82, 2.24) is 15.3 Å². The van der Waals surface area contributed by atoms with E-state index in [2.05, 4.69) is 20.6 Å². The Kier molecular flexibility index (Phi) is 4.05. The normalized spacial score (nSPS) is 23.4. The molecular formula is C15H22N4O2. The highest BCUT2D eigenvalue weighted by molar-refractivity contribution is 5.93. The SMILES string of the molecule is CCNc1ncc(C(=O)N[C@H]2COC3(CCCC3)C2)cn1. The van der Waals surface area contributed by atoms with Crippen LogP contribution in [0.25, 0.3) is 0 Å². The quantitative estimate of drug-likeness (QED) is 0.883. The van der Waals surface area contributed by atoms with Gasteiger partial charge in [0.1, 0.15) is 0 Å². The Morgan fingerprint density at radius 1 is 1.38 bits per heavy atom. The highest BCUT2D eigenvalue weighted by Crippen LogP contribution is 2.40. The summed E-state index contributed by atoms with van der Waals surface area (Å²) in [5.41, 5.74) is 0.521. The summed E-state index contributed by atoms with van der Waals surface area (Å²) in [6.07, 6.45) is 8.76. The van der Waals surface area contributed by atoms with Crippen LogP contribution in [-0.2, 0) is 4.74 Å². The minimum Gasteiger partial charge on any atom is -0.373 e. The molecule has 114 valence electrons. The Labute approximate surface area is 124 Å². The molecule has 6 heteroatoms. The third kappa shape index (κ3) is 3.15. The first-order chi connectivity index (χ1) is 10.2. The van der Waals surface area contributed by atoms with Crippen LogP contribution >= 0.6 is 0 Å². The van der Waals surface area contributed by atoms with Gasteiger partial charge >= 0.3 is 0 Å². The number of carbonyl (C=O) groups is 1. The fourth-order valence-corrected chi connectivity index (χ4v) is 3.27. The van der Waals surface area contributed by atoms with E-state index in [-0.39, 0.29) is 17.6 Å². The number of rotatable bonds is 4. The maximum atomic E-state index is 12.2. The van der Waals surface area contributed by atoms with Crippen molar-refractivity contribution < 1.29 is 9.53 Å². The van der Waals surface area contributed by atoms with Gasteiger partial charge in [0.2, 0.25) is 5.95 Å². The summed E-state index contributed by atoms with van der Waals surface area (Å²) in [6, 6.07) is 0.101. The monoisotopic (exact) mass is 290 g/mol. The second kappa shape index (κ2) is 5.97. The fourth-order valence-electron chi connectivity index (χ4n) is 3.27. The minimum absolute atomic E-state index is 0.0311. The highest BCUT2D eigenvalue weighted by atomic mass is 16.5. The van der Waals surface area contributed by atoms with Gasteiger partial charge in [0.25, 0.3) is 5.91 Å². The van der Waals surface area contributed by atoms with Crippen LogP contribution in [0.5, 0.6) is 0 Å². The van der Waals surface area contributed by atoms with E-state index in [1.165, 1.54) is 12.8 Å². The molecular weight excluding hydrogens is 268 g/mol. The average Bonchev–Trinajstić information content (AvgIpc) is 3.11. The number of hydrogen-bond donors (Lipinski definition) is 2. The van der Waals surface area contributed by atoms with Gasteiger partial charge in [-0.25, -0.2) is 9.97 Å². The third-order valence-corrected chi connectivity index (χ3v) is 4.31. The lowest BCUT2D eigenvalue weighted by molar-refractivity contribution is 0.00987. The summed E-state index contributed by atoms with van der Waals surface area (Å²) < 4.78 is 5.95. The van der Waals surface area contributed by atoms with Crippen LogP contribution in [0.1, 0.15) is 49.4 Å². The van der Waals surface area contributed by atoms with Gasteiger partial charge in [-0.15, -0.1) is 0 Å². The molecule has 2 heterocycles. The summed E-state index contributed by atoms with van der Waals surface area (Å²) >= 11 is 0. The topological polar surface area (TPSA) is 76.1 Å². The molecule has 3 rings (SSSR count). The molecule has 0 radical (unpaired) electrons. The second-order valence-corrected chi connectivity index (χ2v) is 5.90. The predicted molar refractivity (Wildman–Crippen MR) is 79.2 cm³/mol. The Morgan fingerprint density at radius 3 is 2.76 bits per heavy atom.